The largest absolute Gasteiger partial charge is 0.338 e. The minimum absolute atomic E-state index is 0.0210. The van der Waals surface area contributed by atoms with Gasteiger partial charge in [0.15, 0.2) is 0 Å². The van der Waals surface area contributed by atoms with Gasteiger partial charge in [0.05, 0.1) is 11.8 Å². The van der Waals surface area contributed by atoms with E-state index in [0.717, 1.165) is 25.3 Å². The van der Waals surface area contributed by atoms with E-state index >= 15 is 0 Å². The molecule has 0 radical (unpaired) electrons. The first-order valence-corrected chi connectivity index (χ1v) is 10.6. The van der Waals surface area contributed by atoms with Crippen molar-refractivity contribution in [1.29, 1.82) is 0 Å². The maximum atomic E-state index is 14.0. The summed E-state index contributed by atoms with van der Waals surface area (Å²) >= 11 is 5.74. The summed E-state index contributed by atoms with van der Waals surface area (Å²) in [5, 5.41) is 0.259. The number of likely N-dealkylation sites (tertiary alicyclic amines) is 1. The minimum Gasteiger partial charge on any atom is -0.338 e. The van der Waals surface area contributed by atoms with Crippen molar-refractivity contribution in [3.8, 4) is 0 Å². The van der Waals surface area contributed by atoms with E-state index in [2.05, 4.69) is 0 Å². The lowest BCUT2D eigenvalue weighted by Gasteiger charge is -2.35. The van der Waals surface area contributed by atoms with Gasteiger partial charge >= 0.3 is 0 Å². The van der Waals surface area contributed by atoms with Crippen molar-refractivity contribution in [2.24, 2.45) is 11.8 Å². The number of hydrogen-bond acceptors (Lipinski definition) is 3. The molecule has 1 aromatic carbocycles. The van der Waals surface area contributed by atoms with E-state index in [4.69, 9.17) is 11.6 Å². The SMILES string of the molecule is CN([C@H]1C[C@H]2CCN(C(=O)c3ccc(Cl)cc3F)C[C@H]2C1)S(C)(=O)=O. The lowest BCUT2D eigenvalue weighted by Crippen LogP contribution is -2.42. The number of carbonyl (C=O) groups is 1. The molecule has 0 spiro atoms. The fourth-order valence-corrected chi connectivity index (χ4v) is 4.91. The maximum Gasteiger partial charge on any atom is 0.256 e. The molecule has 1 saturated carbocycles. The van der Waals surface area contributed by atoms with Crippen LogP contribution in [0.5, 0.6) is 0 Å². The first-order valence-electron chi connectivity index (χ1n) is 8.34. The highest BCUT2D eigenvalue weighted by molar-refractivity contribution is 7.88. The number of halogens is 2. The molecule has 8 heteroatoms. The van der Waals surface area contributed by atoms with Gasteiger partial charge < -0.3 is 4.90 Å². The number of hydrogen-bond donors (Lipinski definition) is 0. The summed E-state index contributed by atoms with van der Waals surface area (Å²) in [6.07, 6.45) is 3.60. The number of sulfonamides is 1. The first kappa shape index (κ1) is 18.6. The number of rotatable bonds is 3. The lowest BCUT2D eigenvalue weighted by atomic mass is 9.88. The highest BCUT2D eigenvalue weighted by Crippen LogP contribution is 2.40. The van der Waals surface area contributed by atoms with E-state index in [9.17, 15) is 17.6 Å². The Hall–Kier alpha value is -1.18. The Morgan fingerprint density at radius 3 is 2.64 bits per heavy atom. The average Bonchev–Trinajstić information content (AvgIpc) is 2.95. The number of carbonyl (C=O) groups excluding carboxylic acids is 1. The second-order valence-electron chi connectivity index (χ2n) is 7.09. The van der Waals surface area contributed by atoms with E-state index < -0.39 is 15.8 Å². The Balaban J connectivity index is 1.70. The van der Waals surface area contributed by atoms with Gasteiger partial charge in [0, 0.05) is 31.2 Å². The van der Waals surface area contributed by atoms with Crippen LogP contribution in [0.15, 0.2) is 18.2 Å². The molecule has 0 aromatic heterocycles. The van der Waals surface area contributed by atoms with E-state index in [-0.39, 0.29) is 28.5 Å². The Morgan fingerprint density at radius 1 is 1.32 bits per heavy atom. The summed E-state index contributed by atoms with van der Waals surface area (Å²) in [5.74, 6) is -0.274. The van der Waals surface area contributed by atoms with Crippen LogP contribution in [0, 0.1) is 17.7 Å². The molecule has 0 N–H and O–H groups in total. The van der Waals surface area contributed by atoms with E-state index in [1.54, 1.807) is 11.9 Å². The van der Waals surface area contributed by atoms with Crippen LogP contribution in [0.1, 0.15) is 29.6 Å². The van der Waals surface area contributed by atoms with Crippen LogP contribution >= 0.6 is 11.6 Å². The maximum absolute atomic E-state index is 14.0. The van der Waals surface area contributed by atoms with Gasteiger partial charge in [-0.15, -0.1) is 0 Å². The van der Waals surface area contributed by atoms with Crippen LogP contribution in [0.25, 0.3) is 0 Å². The van der Waals surface area contributed by atoms with E-state index in [0.29, 0.717) is 19.0 Å². The van der Waals surface area contributed by atoms with Crippen molar-refractivity contribution < 1.29 is 17.6 Å². The zero-order valence-corrected chi connectivity index (χ0v) is 15.9. The normalized spacial score (nSPS) is 26.8. The van der Waals surface area contributed by atoms with Crippen molar-refractivity contribution >= 4 is 27.5 Å². The molecule has 1 saturated heterocycles. The zero-order chi connectivity index (χ0) is 18.4. The third-order valence-electron chi connectivity index (χ3n) is 5.53. The topological polar surface area (TPSA) is 57.7 Å². The average molecular weight is 389 g/mol. The first-order chi connectivity index (χ1) is 11.7. The van der Waals surface area contributed by atoms with E-state index in [1.165, 1.54) is 22.7 Å². The fourth-order valence-electron chi connectivity index (χ4n) is 4.04. The zero-order valence-electron chi connectivity index (χ0n) is 14.3. The van der Waals surface area contributed by atoms with Gasteiger partial charge in [0.2, 0.25) is 10.0 Å². The van der Waals surface area contributed by atoms with Crippen LogP contribution in [-0.2, 0) is 10.0 Å². The molecule has 1 aliphatic carbocycles. The standard InChI is InChI=1S/C17H22ClFN2O3S/c1-20(25(2,23)24)14-7-11-5-6-21(10-12(11)8-14)17(22)15-4-3-13(18)9-16(15)19/h3-4,9,11-12,14H,5-8,10H2,1-2H3/t11-,12-,14+/m1/s1. The number of fused-ring (bicyclic) bond motifs is 1. The monoisotopic (exact) mass is 388 g/mol. The summed E-state index contributed by atoms with van der Waals surface area (Å²) in [6, 6.07) is 4.05. The third kappa shape index (κ3) is 3.83. The van der Waals surface area contributed by atoms with Gasteiger partial charge in [0.1, 0.15) is 5.82 Å². The molecule has 0 unspecified atom stereocenters. The van der Waals surface area contributed by atoms with Gasteiger partial charge in [-0.3, -0.25) is 4.79 Å². The Morgan fingerprint density at radius 2 is 2.00 bits per heavy atom. The fraction of sp³-hybridized carbons (Fsp3) is 0.588. The van der Waals surface area contributed by atoms with Crippen molar-refractivity contribution in [1.82, 2.24) is 9.21 Å². The lowest BCUT2D eigenvalue weighted by molar-refractivity contribution is 0.0622. The molecule has 1 aliphatic heterocycles. The minimum atomic E-state index is -3.22. The van der Waals surface area contributed by atoms with Crippen LogP contribution < -0.4 is 0 Å². The number of piperidine rings is 1. The molecular weight excluding hydrogens is 367 g/mol. The Kier molecular flexibility index (Phi) is 5.10. The Bertz CT molecular complexity index is 786. The van der Waals surface area contributed by atoms with Crippen molar-refractivity contribution in [3.63, 3.8) is 0 Å². The molecule has 1 aromatic rings. The van der Waals surface area contributed by atoms with Gasteiger partial charge in [-0.05, 0) is 49.3 Å². The van der Waals surface area contributed by atoms with Crippen LogP contribution in [0.3, 0.4) is 0 Å². The molecule has 0 bridgehead atoms. The van der Waals surface area contributed by atoms with Gasteiger partial charge in [-0.25, -0.2) is 17.1 Å². The Labute approximate surface area is 152 Å². The molecule has 2 aliphatic rings. The van der Waals surface area contributed by atoms with Gasteiger partial charge in [0.25, 0.3) is 5.91 Å². The molecule has 2 fully saturated rings. The molecule has 5 nitrogen and oxygen atoms in total. The summed E-state index contributed by atoms with van der Waals surface area (Å²) in [5.41, 5.74) is 0.0330. The van der Waals surface area contributed by atoms with Crippen LogP contribution in [0.2, 0.25) is 5.02 Å². The highest BCUT2D eigenvalue weighted by atomic mass is 35.5. The van der Waals surface area contributed by atoms with Crippen molar-refractivity contribution in [2.45, 2.75) is 25.3 Å². The number of amides is 1. The predicted molar refractivity (Wildman–Crippen MR) is 94.5 cm³/mol. The number of nitrogens with zero attached hydrogens (tertiary/aromatic N) is 2. The quantitative estimate of drug-likeness (QED) is 0.799. The molecule has 138 valence electrons. The summed E-state index contributed by atoms with van der Waals surface area (Å²) in [7, 11) is -1.61. The van der Waals surface area contributed by atoms with Gasteiger partial charge in [-0.1, -0.05) is 11.6 Å². The second-order valence-corrected chi connectivity index (χ2v) is 9.57. The second kappa shape index (κ2) is 6.85. The van der Waals surface area contributed by atoms with Crippen molar-refractivity contribution in [2.75, 3.05) is 26.4 Å². The molecular formula is C17H22ClFN2O3S. The van der Waals surface area contributed by atoms with Crippen LogP contribution in [0.4, 0.5) is 4.39 Å². The molecule has 3 rings (SSSR count). The molecule has 1 heterocycles. The molecule has 3 atom stereocenters. The summed E-state index contributed by atoms with van der Waals surface area (Å²) in [4.78, 5) is 14.3. The molecule has 25 heavy (non-hydrogen) atoms. The smallest absolute Gasteiger partial charge is 0.256 e. The number of benzene rings is 1. The van der Waals surface area contributed by atoms with E-state index in [1.807, 2.05) is 0 Å². The predicted octanol–water partition coefficient (Wildman–Crippen LogP) is 2.61. The van der Waals surface area contributed by atoms with Gasteiger partial charge in [-0.2, -0.15) is 0 Å². The van der Waals surface area contributed by atoms with Crippen LogP contribution in [-0.4, -0.2) is 56.0 Å². The third-order valence-corrected chi connectivity index (χ3v) is 7.11. The molecule has 1 amide bonds. The summed E-state index contributed by atoms with van der Waals surface area (Å²) in [6.45, 7) is 1.11. The highest BCUT2D eigenvalue weighted by Gasteiger charge is 2.42. The summed E-state index contributed by atoms with van der Waals surface area (Å²) < 4.78 is 39.0. The van der Waals surface area contributed by atoms with Crippen molar-refractivity contribution in [3.05, 3.63) is 34.6 Å².